The van der Waals surface area contributed by atoms with Crippen molar-refractivity contribution in [3.05, 3.63) is 90.5 Å². The first-order valence-electron chi connectivity index (χ1n) is 10.2. The monoisotopic (exact) mass is 415 g/mol. The fourth-order valence-corrected chi connectivity index (χ4v) is 3.94. The summed E-state index contributed by atoms with van der Waals surface area (Å²) in [6.45, 7) is 1.39. The molecular weight excluding hydrogens is 393 g/mol. The zero-order valence-electron chi connectivity index (χ0n) is 16.8. The second kappa shape index (κ2) is 8.29. The van der Waals surface area contributed by atoms with E-state index < -0.39 is 6.10 Å². The maximum atomic E-state index is 13.1. The number of fused-ring (bicyclic) bond motifs is 3. The smallest absolute Gasteiger partial charge is 0.123 e. The number of hydrogen-bond donors (Lipinski definition) is 2. The van der Waals surface area contributed by atoms with Crippen LogP contribution in [0, 0.1) is 5.82 Å². The highest BCUT2D eigenvalue weighted by atomic mass is 19.1. The van der Waals surface area contributed by atoms with Crippen molar-refractivity contribution in [1.82, 2.24) is 24.9 Å². The largest absolute Gasteiger partial charge is 0.390 e. The van der Waals surface area contributed by atoms with E-state index in [1.165, 1.54) is 22.9 Å². The first-order chi connectivity index (χ1) is 15.2. The van der Waals surface area contributed by atoms with Gasteiger partial charge in [-0.05, 0) is 36.4 Å². The maximum Gasteiger partial charge on any atom is 0.123 e. The molecule has 5 rings (SSSR count). The summed E-state index contributed by atoms with van der Waals surface area (Å²) in [5, 5.41) is 24.5. The Bertz CT molecular complexity index is 1270. The van der Waals surface area contributed by atoms with Gasteiger partial charge in [0.25, 0.3) is 0 Å². The Hall–Kier alpha value is -3.55. The molecule has 2 heterocycles. The molecule has 0 amide bonds. The quantitative estimate of drug-likeness (QED) is 0.426. The fourth-order valence-electron chi connectivity index (χ4n) is 3.94. The minimum atomic E-state index is -0.564. The van der Waals surface area contributed by atoms with E-state index in [9.17, 15) is 9.50 Å². The Kier molecular flexibility index (Phi) is 5.19. The van der Waals surface area contributed by atoms with Crippen LogP contribution >= 0.6 is 0 Å². The SMILES string of the molecule is OC(CNCc1cn(-c2ccc(F)cc2)nn1)Cn1c2ccccc2c2ccccc21. The molecule has 0 aliphatic rings. The van der Waals surface area contributed by atoms with Gasteiger partial charge in [0.1, 0.15) is 5.82 Å². The molecule has 3 aromatic carbocycles. The summed E-state index contributed by atoms with van der Waals surface area (Å²) in [5.74, 6) is -0.289. The van der Waals surface area contributed by atoms with Gasteiger partial charge in [-0.25, -0.2) is 9.07 Å². The van der Waals surface area contributed by atoms with Crippen molar-refractivity contribution in [2.75, 3.05) is 6.54 Å². The lowest BCUT2D eigenvalue weighted by molar-refractivity contribution is 0.154. The molecule has 0 spiro atoms. The average molecular weight is 415 g/mol. The van der Waals surface area contributed by atoms with Crippen LogP contribution in [-0.4, -0.2) is 37.3 Å². The van der Waals surface area contributed by atoms with Gasteiger partial charge in [0.05, 0.1) is 30.2 Å². The summed E-state index contributed by atoms with van der Waals surface area (Å²) in [7, 11) is 0. The Morgan fingerprint density at radius 2 is 1.55 bits per heavy atom. The van der Waals surface area contributed by atoms with Crippen LogP contribution in [-0.2, 0) is 13.1 Å². The average Bonchev–Trinajstić information content (AvgIpc) is 3.38. The fraction of sp³-hybridized carbons (Fsp3) is 0.167. The highest BCUT2D eigenvalue weighted by Crippen LogP contribution is 2.28. The van der Waals surface area contributed by atoms with Gasteiger partial charge in [0.15, 0.2) is 0 Å². The van der Waals surface area contributed by atoms with Crippen molar-refractivity contribution in [2.24, 2.45) is 0 Å². The zero-order chi connectivity index (χ0) is 21.2. The summed E-state index contributed by atoms with van der Waals surface area (Å²) < 4.78 is 16.8. The van der Waals surface area contributed by atoms with E-state index in [-0.39, 0.29) is 5.82 Å². The van der Waals surface area contributed by atoms with Gasteiger partial charge in [-0.3, -0.25) is 0 Å². The van der Waals surface area contributed by atoms with Gasteiger partial charge < -0.3 is 15.0 Å². The maximum absolute atomic E-state index is 13.1. The molecule has 1 atom stereocenters. The van der Waals surface area contributed by atoms with Crippen molar-refractivity contribution in [1.29, 1.82) is 0 Å². The molecule has 0 bridgehead atoms. The lowest BCUT2D eigenvalue weighted by Gasteiger charge is -2.14. The van der Waals surface area contributed by atoms with Gasteiger partial charge in [-0.15, -0.1) is 5.10 Å². The summed E-state index contributed by atoms with van der Waals surface area (Å²) >= 11 is 0. The molecule has 0 radical (unpaired) electrons. The molecule has 31 heavy (non-hydrogen) atoms. The van der Waals surface area contributed by atoms with Gasteiger partial charge in [0.2, 0.25) is 0 Å². The first-order valence-corrected chi connectivity index (χ1v) is 10.2. The van der Waals surface area contributed by atoms with Crippen molar-refractivity contribution in [3.8, 4) is 5.69 Å². The van der Waals surface area contributed by atoms with Crippen molar-refractivity contribution in [2.45, 2.75) is 19.2 Å². The lowest BCUT2D eigenvalue weighted by Crippen LogP contribution is -2.30. The molecule has 0 saturated heterocycles. The van der Waals surface area contributed by atoms with Crippen LogP contribution in [0.5, 0.6) is 0 Å². The number of nitrogens with one attached hydrogen (secondary N) is 1. The highest BCUT2D eigenvalue weighted by Gasteiger charge is 2.13. The van der Waals surface area contributed by atoms with E-state index in [4.69, 9.17) is 0 Å². The molecule has 6 nitrogen and oxygen atoms in total. The van der Waals surface area contributed by atoms with Crippen LogP contribution in [0.4, 0.5) is 4.39 Å². The summed E-state index contributed by atoms with van der Waals surface area (Å²) in [5.41, 5.74) is 3.72. The molecule has 0 aliphatic heterocycles. The van der Waals surface area contributed by atoms with E-state index in [0.717, 1.165) is 22.4 Å². The normalized spacial score (nSPS) is 12.6. The standard InChI is InChI=1S/C24H22FN5O/c25-17-9-11-19(12-10-17)30-15-18(27-28-30)13-26-14-20(31)16-29-23-7-3-1-5-21(23)22-6-2-4-8-24(22)29/h1-12,15,20,26,31H,13-14,16H2. The number of aromatic nitrogens is 4. The third kappa shape index (κ3) is 3.93. The third-order valence-electron chi connectivity index (χ3n) is 5.39. The van der Waals surface area contributed by atoms with Gasteiger partial charge in [-0.2, -0.15) is 0 Å². The minimum Gasteiger partial charge on any atom is -0.390 e. The molecule has 1 unspecified atom stereocenters. The van der Waals surface area contributed by atoms with Crippen molar-refractivity contribution >= 4 is 21.8 Å². The lowest BCUT2D eigenvalue weighted by atomic mass is 10.2. The summed E-state index contributed by atoms with van der Waals surface area (Å²) in [6, 6.07) is 22.6. The van der Waals surface area contributed by atoms with Crippen LogP contribution in [0.3, 0.4) is 0 Å². The minimum absolute atomic E-state index is 0.289. The van der Waals surface area contributed by atoms with Gasteiger partial charge in [0, 0.05) is 34.9 Å². The van der Waals surface area contributed by atoms with E-state index in [1.807, 2.05) is 24.3 Å². The van der Waals surface area contributed by atoms with Crippen LogP contribution in [0.2, 0.25) is 0 Å². The number of aliphatic hydroxyl groups is 1. The molecule has 7 heteroatoms. The number of hydrogen-bond acceptors (Lipinski definition) is 4. The van der Waals surface area contributed by atoms with Crippen molar-refractivity contribution in [3.63, 3.8) is 0 Å². The second-order valence-corrected chi connectivity index (χ2v) is 7.56. The van der Waals surface area contributed by atoms with E-state index in [0.29, 0.717) is 19.6 Å². The number of aliphatic hydroxyl groups excluding tert-OH is 1. The molecule has 2 N–H and O–H groups in total. The van der Waals surface area contributed by atoms with E-state index in [2.05, 4.69) is 44.5 Å². The van der Waals surface area contributed by atoms with Crippen LogP contribution < -0.4 is 5.32 Å². The molecule has 0 saturated carbocycles. The molecule has 2 aromatic heterocycles. The predicted molar refractivity (Wildman–Crippen MR) is 118 cm³/mol. The number of halogens is 1. The molecular formula is C24H22FN5O. The van der Waals surface area contributed by atoms with Crippen LogP contribution in [0.15, 0.2) is 79.0 Å². The second-order valence-electron chi connectivity index (χ2n) is 7.56. The summed E-state index contributed by atoms with van der Waals surface area (Å²) in [4.78, 5) is 0. The van der Waals surface area contributed by atoms with Crippen LogP contribution in [0.1, 0.15) is 5.69 Å². The predicted octanol–water partition coefficient (Wildman–Crippen LogP) is 3.67. The van der Waals surface area contributed by atoms with E-state index in [1.54, 1.807) is 23.0 Å². The Labute approximate surface area is 178 Å². The Balaban J connectivity index is 1.24. The first kappa shape index (κ1) is 19.4. The third-order valence-corrected chi connectivity index (χ3v) is 5.39. The Morgan fingerprint density at radius 3 is 2.23 bits per heavy atom. The van der Waals surface area contributed by atoms with Gasteiger partial charge in [-0.1, -0.05) is 41.6 Å². The zero-order valence-corrected chi connectivity index (χ0v) is 16.8. The van der Waals surface area contributed by atoms with E-state index >= 15 is 0 Å². The topological polar surface area (TPSA) is 67.9 Å². The van der Waals surface area contributed by atoms with Gasteiger partial charge >= 0.3 is 0 Å². The van der Waals surface area contributed by atoms with Crippen LogP contribution in [0.25, 0.3) is 27.5 Å². The number of benzene rings is 3. The number of rotatable bonds is 7. The van der Waals surface area contributed by atoms with Crippen molar-refractivity contribution < 1.29 is 9.50 Å². The number of para-hydroxylation sites is 2. The molecule has 0 aliphatic carbocycles. The molecule has 0 fully saturated rings. The number of nitrogens with zero attached hydrogens (tertiary/aromatic N) is 4. The molecule has 156 valence electrons. The highest BCUT2D eigenvalue weighted by molar-refractivity contribution is 6.07. The Morgan fingerprint density at radius 1 is 0.903 bits per heavy atom. The summed E-state index contributed by atoms with van der Waals surface area (Å²) in [6.07, 6.45) is 1.23. The molecule has 5 aromatic rings.